The van der Waals surface area contributed by atoms with Gasteiger partial charge in [-0.3, -0.25) is 14.5 Å². The average molecular weight is 480 g/mol. The van der Waals surface area contributed by atoms with Gasteiger partial charge in [0.05, 0.1) is 16.3 Å². The first-order valence-corrected chi connectivity index (χ1v) is 11.9. The highest BCUT2D eigenvalue weighted by molar-refractivity contribution is 7.19. The summed E-state index contributed by atoms with van der Waals surface area (Å²) >= 11 is 7.59. The van der Waals surface area contributed by atoms with Crippen molar-refractivity contribution in [2.75, 3.05) is 26.2 Å². The number of benzene rings is 2. The van der Waals surface area contributed by atoms with Crippen molar-refractivity contribution < 1.29 is 4.79 Å². The van der Waals surface area contributed by atoms with Crippen molar-refractivity contribution in [1.82, 2.24) is 24.4 Å². The molecule has 0 aliphatic carbocycles. The van der Waals surface area contributed by atoms with Crippen molar-refractivity contribution in [2.24, 2.45) is 0 Å². The third-order valence-corrected chi connectivity index (χ3v) is 7.00. The molecule has 33 heavy (non-hydrogen) atoms. The van der Waals surface area contributed by atoms with Crippen LogP contribution in [0, 0.1) is 6.92 Å². The minimum absolute atomic E-state index is 0.0497. The molecule has 5 rings (SSSR count). The molecule has 1 aliphatic rings. The molecule has 0 bridgehead atoms. The molecule has 0 atom stereocenters. The number of amides is 1. The predicted octanol–water partition coefficient (Wildman–Crippen LogP) is 3.74. The number of nitrogens with zero attached hydrogens (tertiary/aromatic N) is 5. The van der Waals surface area contributed by atoms with Crippen LogP contribution >= 0.6 is 22.9 Å². The van der Waals surface area contributed by atoms with Gasteiger partial charge in [0.1, 0.15) is 5.01 Å². The highest BCUT2D eigenvalue weighted by Gasteiger charge is 2.24. The Morgan fingerprint density at radius 2 is 1.85 bits per heavy atom. The second-order valence-electron chi connectivity index (χ2n) is 8.10. The summed E-state index contributed by atoms with van der Waals surface area (Å²) in [5.41, 5.74) is 3.18. The van der Waals surface area contributed by atoms with Crippen molar-refractivity contribution in [1.29, 1.82) is 0 Å². The smallest absolute Gasteiger partial charge is 0.275 e. The van der Waals surface area contributed by atoms with Crippen LogP contribution in [-0.4, -0.2) is 56.5 Å². The van der Waals surface area contributed by atoms with E-state index in [1.165, 1.54) is 15.9 Å². The van der Waals surface area contributed by atoms with Gasteiger partial charge in [-0.25, -0.2) is 4.98 Å². The van der Waals surface area contributed by atoms with Gasteiger partial charge < -0.3 is 4.90 Å². The Balaban J connectivity index is 1.29. The first-order valence-electron chi connectivity index (χ1n) is 10.7. The lowest BCUT2D eigenvalue weighted by molar-refractivity contribution is 0.0627. The van der Waals surface area contributed by atoms with Crippen molar-refractivity contribution in [3.63, 3.8) is 0 Å². The second-order valence-corrected chi connectivity index (χ2v) is 9.47. The fourth-order valence-electron chi connectivity index (χ4n) is 3.98. The van der Waals surface area contributed by atoms with E-state index in [9.17, 15) is 9.59 Å². The Labute approximate surface area is 199 Å². The van der Waals surface area contributed by atoms with Gasteiger partial charge in [0.25, 0.3) is 11.5 Å². The molecule has 0 N–H and O–H groups in total. The Bertz CT molecular complexity index is 1390. The number of hydrogen-bond donors (Lipinski definition) is 0. The topological polar surface area (TPSA) is 70.8 Å². The van der Waals surface area contributed by atoms with E-state index in [2.05, 4.69) is 10.00 Å². The van der Waals surface area contributed by atoms with Gasteiger partial charge in [-0.2, -0.15) is 9.61 Å². The molecule has 3 heterocycles. The quantitative estimate of drug-likeness (QED) is 0.446. The standard InChI is InChI=1S/C24H22ClN5O2S/c1-16-5-4-6-17(13-16)22-27-30-21(31)14-18(26-24(30)33-22)15-28-9-11-29(12-10-28)23(32)19-7-2-3-8-20(19)25/h2-8,13-14H,9-12,15H2,1H3. The van der Waals surface area contributed by atoms with Crippen molar-refractivity contribution >= 4 is 33.8 Å². The number of rotatable bonds is 4. The van der Waals surface area contributed by atoms with Crippen LogP contribution in [0.3, 0.4) is 0 Å². The molecule has 2 aromatic carbocycles. The summed E-state index contributed by atoms with van der Waals surface area (Å²) in [6, 6.07) is 16.7. The van der Waals surface area contributed by atoms with Crippen LogP contribution in [0.2, 0.25) is 5.02 Å². The predicted molar refractivity (Wildman–Crippen MR) is 130 cm³/mol. The summed E-state index contributed by atoms with van der Waals surface area (Å²) in [7, 11) is 0. The third kappa shape index (κ3) is 4.55. The fraction of sp³-hybridized carbons (Fsp3) is 0.250. The zero-order valence-electron chi connectivity index (χ0n) is 18.1. The van der Waals surface area contributed by atoms with Gasteiger partial charge in [0.2, 0.25) is 4.96 Å². The summed E-state index contributed by atoms with van der Waals surface area (Å²) in [5.74, 6) is -0.0497. The molecule has 7 nitrogen and oxygen atoms in total. The van der Waals surface area contributed by atoms with Crippen molar-refractivity contribution in [3.8, 4) is 10.6 Å². The number of hydrogen-bond acceptors (Lipinski definition) is 6. The highest BCUT2D eigenvalue weighted by atomic mass is 35.5. The van der Waals surface area contributed by atoms with Gasteiger partial charge in [-0.05, 0) is 25.1 Å². The normalized spacial score (nSPS) is 14.7. The number of halogens is 1. The van der Waals surface area contributed by atoms with Gasteiger partial charge in [-0.1, -0.05) is 58.8 Å². The number of aryl methyl sites for hydroxylation is 1. The van der Waals surface area contributed by atoms with Gasteiger partial charge in [0.15, 0.2) is 0 Å². The van der Waals surface area contributed by atoms with E-state index in [1.807, 2.05) is 48.2 Å². The Kier molecular flexibility index (Phi) is 5.97. The zero-order chi connectivity index (χ0) is 22.9. The van der Waals surface area contributed by atoms with Crippen LogP contribution < -0.4 is 5.56 Å². The number of piperazine rings is 1. The minimum atomic E-state index is -0.183. The molecule has 4 aromatic rings. The van der Waals surface area contributed by atoms with Gasteiger partial charge >= 0.3 is 0 Å². The zero-order valence-corrected chi connectivity index (χ0v) is 19.6. The monoisotopic (exact) mass is 479 g/mol. The second kappa shape index (κ2) is 9.05. The molecule has 2 aromatic heterocycles. The van der Waals surface area contributed by atoms with E-state index < -0.39 is 0 Å². The number of fused-ring (bicyclic) bond motifs is 1. The van der Waals surface area contributed by atoms with Crippen LogP contribution in [0.1, 0.15) is 21.6 Å². The van der Waals surface area contributed by atoms with E-state index >= 15 is 0 Å². The summed E-state index contributed by atoms with van der Waals surface area (Å²) in [6.07, 6.45) is 0. The number of carbonyl (C=O) groups excluding carboxylic acids is 1. The summed E-state index contributed by atoms with van der Waals surface area (Å²) in [6.45, 7) is 5.19. The van der Waals surface area contributed by atoms with Crippen molar-refractivity contribution in [3.05, 3.63) is 86.8 Å². The van der Waals surface area contributed by atoms with Crippen LogP contribution in [0.15, 0.2) is 59.4 Å². The first kappa shape index (κ1) is 21.8. The van der Waals surface area contributed by atoms with Crippen LogP contribution in [0.5, 0.6) is 0 Å². The minimum Gasteiger partial charge on any atom is -0.336 e. The van der Waals surface area contributed by atoms with Gasteiger partial charge in [-0.15, -0.1) is 0 Å². The summed E-state index contributed by atoms with van der Waals surface area (Å²) < 4.78 is 1.37. The van der Waals surface area contributed by atoms with E-state index in [0.717, 1.165) is 16.1 Å². The molecule has 0 spiro atoms. The molecule has 1 aliphatic heterocycles. The lowest BCUT2D eigenvalue weighted by Crippen LogP contribution is -2.48. The Hall–Kier alpha value is -3.07. The van der Waals surface area contributed by atoms with E-state index in [0.29, 0.717) is 54.0 Å². The van der Waals surface area contributed by atoms with Crippen LogP contribution in [-0.2, 0) is 6.54 Å². The van der Waals surface area contributed by atoms with E-state index in [-0.39, 0.29) is 11.5 Å². The molecule has 9 heteroatoms. The third-order valence-electron chi connectivity index (χ3n) is 5.71. The fourth-order valence-corrected chi connectivity index (χ4v) is 5.11. The molecule has 0 saturated carbocycles. The molecular weight excluding hydrogens is 458 g/mol. The first-order chi connectivity index (χ1) is 16.0. The SMILES string of the molecule is Cc1cccc(-c2nn3c(=O)cc(CN4CCN(C(=O)c5ccccc5Cl)CC4)nc3s2)c1. The summed E-state index contributed by atoms with van der Waals surface area (Å²) in [4.78, 5) is 34.7. The molecule has 0 unspecified atom stereocenters. The van der Waals surface area contributed by atoms with E-state index in [4.69, 9.17) is 16.6 Å². The Morgan fingerprint density at radius 1 is 1.06 bits per heavy atom. The molecule has 168 valence electrons. The average Bonchev–Trinajstić information content (AvgIpc) is 3.24. The van der Waals surface area contributed by atoms with Crippen LogP contribution in [0.4, 0.5) is 0 Å². The molecule has 1 saturated heterocycles. The molecule has 0 radical (unpaired) electrons. The maximum absolute atomic E-state index is 12.8. The molecule has 1 amide bonds. The number of aromatic nitrogens is 3. The Morgan fingerprint density at radius 3 is 2.61 bits per heavy atom. The van der Waals surface area contributed by atoms with Crippen molar-refractivity contribution in [2.45, 2.75) is 13.5 Å². The lowest BCUT2D eigenvalue weighted by Gasteiger charge is -2.34. The van der Waals surface area contributed by atoms with E-state index in [1.54, 1.807) is 18.2 Å². The molecular formula is C24H22ClN5O2S. The maximum atomic E-state index is 12.8. The summed E-state index contributed by atoms with van der Waals surface area (Å²) in [5, 5.41) is 5.71. The molecule has 1 fully saturated rings. The van der Waals surface area contributed by atoms with Crippen LogP contribution in [0.25, 0.3) is 15.5 Å². The van der Waals surface area contributed by atoms with Gasteiger partial charge in [0, 0.05) is 44.4 Å². The largest absolute Gasteiger partial charge is 0.336 e. The lowest BCUT2D eigenvalue weighted by atomic mass is 10.1. The number of carbonyl (C=O) groups is 1. The maximum Gasteiger partial charge on any atom is 0.275 e. The highest BCUT2D eigenvalue weighted by Crippen LogP contribution is 2.25.